The van der Waals surface area contributed by atoms with Crippen molar-refractivity contribution in [3.05, 3.63) is 46.5 Å². The Hall–Kier alpha value is -1.63. The monoisotopic (exact) mass is 346 g/mol. The van der Waals surface area contributed by atoms with Crippen LogP contribution in [0.1, 0.15) is 21.9 Å². The molecule has 2 aliphatic rings. The molecular weight excluding hydrogens is 324 g/mol. The van der Waals surface area contributed by atoms with Crippen molar-refractivity contribution in [2.75, 3.05) is 39.4 Å². The Morgan fingerprint density at radius 1 is 1.25 bits per heavy atom. The Bertz CT molecular complexity index is 671. The molecular formula is C18H22N2O3S. The summed E-state index contributed by atoms with van der Waals surface area (Å²) < 4.78 is 11.3. The van der Waals surface area contributed by atoms with Crippen LogP contribution in [0.25, 0.3) is 0 Å². The summed E-state index contributed by atoms with van der Waals surface area (Å²) in [7, 11) is 0. The zero-order valence-corrected chi connectivity index (χ0v) is 14.5. The fraction of sp³-hybridized carbons (Fsp3) is 0.500. The number of hydrogen-bond donors (Lipinski definition) is 0. The van der Waals surface area contributed by atoms with E-state index in [1.165, 1.54) is 11.3 Å². The highest BCUT2D eigenvalue weighted by atomic mass is 32.1. The van der Waals surface area contributed by atoms with Crippen molar-refractivity contribution in [3.8, 4) is 0 Å². The van der Waals surface area contributed by atoms with Gasteiger partial charge in [0.1, 0.15) is 5.76 Å². The zero-order chi connectivity index (χ0) is 16.4. The predicted molar refractivity (Wildman–Crippen MR) is 92.1 cm³/mol. The maximum atomic E-state index is 12.7. The van der Waals surface area contributed by atoms with Crippen LogP contribution in [0.5, 0.6) is 0 Å². The van der Waals surface area contributed by atoms with Gasteiger partial charge in [-0.05, 0) is 36.5 Å². The number of hydrogen-bond acceptors (Lipinski definition) is 5. The third-order valence-corrected chi connectivity index (χ3v) is 5.79. The van der Waals surface area contributed by atoms with Gasteiger partial charge in [0.25, 0.3) is 5.91 Å². The number of thiophene rings is 1. The molecule has 0 radical (unpaired) electrons. The second-order valence-corrected chi connectivity index (χ2v) is 7.74. The van der Waals surface area contributed by atoms with E-state index < -0.39 is 0 Å². The SMILES string of the molecule is O=C(c1cccs1)N1CCOC[C@@]2(CCN(Cc3ccco3)C2)C1. The lowest BCUT2D eigenvalue weighted by molar-refractivity contribution is 0.0643. The first kappa shape index (κ1) is 15.9. The maximum absolute atomic E-state index is 12.7. The third-order valence-electron chi connectivity index (χ3n) is 4.94. The summed E-state index contributed by atoms with van der Waals surface area (Å²) in [5.74, 6) is 1.13. The molecule has 0 bridgehead atoms. The average Bonchev–Trinajstić information content (AvgIpc) is 3.30. The molecule has 1 spiro atoms. The van der Waals surface area contributed by atoms with Crippen molar-refractivity contribution in [1.82, 2.24) is 9.80 Å². The van der Waals surface area contributed by atoms with Crippen LogP contribution in [-0.2, 0) is 11.3 Å². The van der Waals surface area contributed by atoms with E-state index in [1.54, 1.807) is 6.26 Å². The van der Waals surface area contributed by atoms with Crippen LogP contribution in [0.4, 0.5) is 0 Å². The normalized spacial score (nSPS) is 25.2. The van der Waals surface area contributed by atoms with Gasteiger partial charge < -0.3 is 14.1 Å². The molecule has 6 heteroatoms. The molecule has 24 heavy (non-hydrogen) atoms. The van der Waals surface area contributed by atoms with Crippen LogP contribution in [0.3, 0.4) is 0 Å². The molecule has 0 aromatic carbocycles. The lowest BCUT2D eigenvalue weighted by Gasteiger charge is -2.31. The number of rotatable bonds is 3. The average molecular weight is 346 g/mol. The van der Waals surface area contributed by atoms with E-state index in [0.29, 0.717) is 13.2 Å². The van der Waals surface area contributed by atoms with Crippen molar-refractivity contribution < 1.29 is 13.9 Å². The van der Waals surface area contributed by atoms with Crippen LogP contribution >= 0.6 is 11.3 Å². The topological polar surface area (TPSA) is 45.9 Å². The number of nitrogens with zero attached hydrogens (tertiary/aromatic N) is 2. The highest BCUT2D eigenvalue weighted by Crippen LogP contribution is 2.34. The first-order valence-corrected chi connectivity index (χ1v) is 9.27. The van der Waals surface area contributed by atoms with Crippen LogP contribution in [0, 0.1) is 5.41 Å². The first-order valence-electron chi connectivity index (χ1n) is 8.39. The Labute approximate surface area is 145 Å². The van der Waals surface area contributed by atoms with Gasteiger partial charge in [0.05, 0.1) is 30.9 Å². The second kappa shape index (κ2) is 6.70. The number of carbonyl (C=O) groups excluding carboxylic acids is 1. The Kier molecular flexibility index (Phi) is 4.43. The summed E-state index contributed by atoms with van der Waals surface area (Å²) in [5.41, 5.74) is 0.0377. The Morgan fingerprint density at radius 3 is 3.00 bits per heavy atom. The smallest absolute Gasteiger partial charge is 0.264 e. The fourth-order valence-corrected chi connectivity index (χ4v) is 4.45. The summed E-state index contributed by atoms with van der Waals surface area (Å²) in [6.45, 7) is 5.60. The molecule has 2 fully saturated rings. The molecule has 0 saturated carbocycles. The zero-order valence-electron chi connectivity index (χ0n) is 13.6. The van der Waals surface area contributed by atoms with E-state index in [2.05, 4.69) is 4.90 Å². The molecule has 5 nitrogen and oxygen atoms in total. The summed E-state index contributed by atoms with van der Waals surface area (Å²) in [4.78, 5) is 17.9. The van der Waals surface area contributed by atoms with Gasteiger partial charge in [-0.3, -0.25) is 9.69 Å². The third kappa shape index (κ3) is 3.27. The number of ether oxygens (including phenoxy) is 1. The summed E-state index contributed by atoms with van der Waals surface area (Å²) in [5, 5.41) is 1.96. The van der Waals surface area contributed by atoms with Gasteiger partial charge >= 0.3 is 0 Å². The lowest BCUT2D eigenvalue weighted by Crippen LogP contribution is -2.43. The van der Waals surface area contributed by atoms with Gasteiger partial charge in [-0.15, -0.1) is 11.3 Å². The quantitative estimate of drug-likeness (QED) is 0.857. The highest BCUT2D eigenvalue weighted by molar-refractivity contribution is 7.12. The van der Waals surface area contributed by atoms with Gasteiger partial charge in [-0.25, -0.2) is 0 Å². The Balaban J connectivity index is 1.45. The van der Waals surface area contributed by atoms with Gasteiger partial charge in [-0.2, -0.15) is 0 Å². The molecule has 2 aromatic rings. The van der Waals surface area contributed by atoms with Crippen LogP contribution in [0.15, 0.2) is 40.3 Å². The number of carbonyl (C=O) groups is 1. The number of amides is 1. The van der Waals surface area contributed by atoms with Crippen LogP contribution in [-0.4, -0.2) is 55.1 Å². The first-order chi connectivity index (χ1) is 11.7. The van der Waals surface area contributed by atoms with Gasteiger partial charge in [-0.1, -0.05) is 6.07 Å². The summed E-state index contributed by atoms with van der Waals surface area (Å²) >= 11 is 1.51. The van der Waals surface area contributed by atoms with E-state index in [1.807, 2.05) is 34.5 Å². The van der Waals surface area contributed by atoms with E-state index in [9.17, 15) is 4.79 Å². The molecule has 0 unspecified atom stereocenters. The van der Waals surface area contributed by atoms with Crippen LogP contribution in [0.2, 0.25) is 0 Å². The van der Waals surface area contributed by atoms with E-state index in [0.717, 1.165) is 49.8 Å². The maximum Gasteiger partial charge on any atom is 0.264 e. The molecule has 2 aliphatic heterocycles. The van der Waals surface area contributed by atoms with Crippen LogP contribution < -0.4 is 0 Å². The molecule has 2 aromatic heterocycles. The summed E-state index contributed by atoms with van der Waals surface area (Å²) in [6.07, 6.45) is 2.78. The van der Waals surface area contributed by atoms with Crippen molar-refractivity contribution in [1.29, 1.82) is 0 Å². The highest BCUT2D eigenvalue weighted by Gasteiger charge is 2.42. The fourth-order valence-electron chi connectivity index (χ4n) is 3.75. The molecule has 4 rings (SSSR count). The molecule has 0 aliphatic carbocycles. The molecule has 1 amide bonds. The standard InChI is InChI=1S/C18H22N2O3S/c21-17(16-4-2-10-24-16)20-7-9-22-14-18(13-20)5-6-19(12-18)11-15-3-1-8-23-15/h1-4,8,10H,5-7,9,11-14H2/t18-/m1/s1. The van der Waals surface area contributed by atoms with Gasteiger partial charge in [0.2, 0.25) is 0 Å². The molecule has 1 atom stereocenters. The minimum absolute atomic E-state index is 0.0377. The Morgan fingerprint density at radius 2 is 2.21 bits per heavy atom. The predicted octanol–water partition coefficient (Wildman–Crippen LogP) is 2.71. The lowest BCUT2D eigenvalue weighted by atomic mass is 9.87. The van der Waals surface area contributed by atoms with Crippen molar-refractivity contribution in [2.24, 2.45) is 5.41 Å². The largest absolute Gasteiger partial charge is 0.468 e. The van der Waals surface area contributed by atoms with Crippen molar-refractivity contribution >= 4 is 17.2 Å². The molecule has 2 saturated heterocycles. The molecule has 4 heterocycles. The minimum Gasteiger partial charge on any atom is -0.468 e. The number of likely N-dealkylation sites (tertiary alicyclic amines) is 1. The second-order valence-electron chi connectivity index (χ2n) is 6.80. The van der Waals surface area contributed by atoms with Crippen molar-refractivity contribution in [2.45, 2.75) is 13.0 Å². The van der Waals surface area contributed by atoms with E-state index in [4.69, 9.17) is 9.15 Å². The number of furan rings is 1. The van der Waals surface area contributed by atoms with Gasteiger partial charge in [0, 0.05) is 25.0 Å². The van der Waals surface area contributed by atoms with Gasteiger partial charge in [0.15, 0.2) is 0 Å². The van der Waals surface area contributed by atoms with E-state index in [-0.39, 0.29) is 11.3 Å². The van der Waals surface area contributed by atoms with Crippen molar-refractivity contribution in [3.63, 3.8) is 0 Å². The summed E-state index contributed by atoms with van der Waals surface area (Å²) in [6, 6.07) is 7.78. The molecule has 0 N–H and O–H groups in total. The van der Waals surface area contributed by atoms with E-state index >= 15 is 0 Å². The minimum atomic E-state index is 0.0377. The molecule has 128 valence electrons.